The molecule has 0 saturated carbocycles. The summed E-state index contributed by atoms with van der Waals surface area (Å²) >= 11 is 6.06. The summed E-state index contributed by atoms with van der Waals surface area (Å²) in [7, 11) is 3.30. The minimum Gasteiger partial charge on any atom is -0.347 e. The molecule has 1 aliphatic heterocycles. The van der Waals surface area contributed by atoms with E-state index in [0.717, 1.165) is 0 Å². The van der Waals surface area contributed by atoms with Gasteiger partial charge in [-0.15, -0.1) is 5.10 Å². The molecule has 1 fully saturated rings. The maximum atomic E-state index is 12.6. The molecule has 0 radical (unpaired) electrons. The lowest BCUT2D eigenvalue weighted by molar-refractivity contribution is -0.129. The molecular weight excluding hydrogens is 410 g/mol. The number of nitrogens with one attached hydrogen (secondary N) is 1. The molecule has 0 spiro atoms. The van der Waals surface area contributed by atoms with Crippen LogP contribution in [-0.2, 0) is 16.1 Å². The van der Waals surface area contributed by atoms with E-state index < -0.39 is 0 Å². The first kappa shape index (κ1) is 21.7. The number of amides is 3. The van der Waals surface area contributed by atoms with Crippen LogP contribution in [0.15, 0.2) is 30.5 Å². The lowest BCUT2D eigenvalue weighted by Crippen LogP contribution is -2.50. The van der Waals surface area contributed by atoms with Gasteiger partial charge in [-0.25, -0.2) is 4.68 Å². The van der Waals surface area contributed by atoms with Crippen LogP contribution in [0.3, 0.4) is 0 Å². The molecule has 2 aromatic rings. The second-order valence-corrected chi connectivity index (χ2v) is 7.59. The molecule has 11 heteroatoms. The Balaban J connectivity index is 1.47. The van der Waals surface area contributed by atoms with Gasteiger partial charge in [0.25, 0.3) is 5.91 Å². The van der Waals surface area contributed by atoms with E-state index in [1.54, 1.807) is 43.3 Å². The average Bonchev–Trinajstić information content (AvgIpc) is 3.18. The molecule has 0 unspecified atom stereocenters. The van der Waals surface area contributed by atoms with Crippen LogP contribution in [0.2, 0.25) is 5.02 Å². The Hall–Kier alpha value is -2.98. The van der Waals surface area contributed by atoms with Crippen molar-refractivity contribution in [2.24, 2.45) is 0 Å². The maximum absolute atomic E-state index is 12.6. The Morgan fingerprint density at radius 2 is 1.80 bits per heavy atom. The monoisotopic (exact) mass is 433 g/mol. The van der Waals surface area contributed by atoms with Crippen molar-refractivity contribution < 1.29 is 14.4 Å². The fourth-order valence-electron chi connectivity index (χ4n) is 2.98. The molecule has 1 saturated heterocycles. The van der Waals surface area contributed by atoms with Crippen molar-refractivity contribution in [2.75, 3.05) is 52.1 Å². The fourth-order valence-corrected chi connectivity index (χ4v) is 3.16. The fraction of sp³-hybridized carbons (Fsp3) is 0.421. The predicted molar refractivity (Wildman–Crippen MR) is 111 cm³/mol. The van der Waals surface area contributed by atoms with Gasteiger partial charge in [0.1, 0.15) is 6.54 Å². The highest BCUT2D eigenvalue weighted by Gasteiger charge is 2.25. The third kappa shape index (κ3) is 5.55. The van der Waals surface area contributed by atoms with Crippen LogP contribution in [0.4, 0.5) is 5.69 Å². The molecule has 2 heterocycles. The van der Waals surface area contributed by atoms with Gasteiger partial charge >= 0.3 is 0 Å². The Bertz CT molecular complexity index is 922. The number of aromatic nitrogens is 3. The summed E-state index contributed by atoms with van der Waals surface area (Å²) in [5.74, 6) is -0.530. The number of hydrogen-bond acceptors (Lipinski definition) is 6. The van der Waals surface area contributed by atoms with Crippen LogP contribution in [-0.4, -0.2) is 94.2 Å². The first-order valence-electron chi connectivity index (χ1n) is 9.50. The molecule has 0 atom stereocenters. The minimum absolute atomic E-state index is 0.0294. The second kappa shape index (κ2) is 9.68. The Morgan fingerprint density at radius 3 is 2.47 bits per heavy atom. The molecule has 30 heavy (non-hydrogen) atoms. The van der Waals surface area contributed by atoms with Gasteiger partial charge in [0.05, 0.1) is 23.5 Å². The molecule has 1 aromatic carbocycles. The van der Waals surface area contributed by atoms with Gasteiger partial charge in [0, 0.05) is 40.3 Å². The Morgan fingerprint density at radius 1 is 1.10 bits per heavy atom. The number of para-hydroxylation sites is 1. The van der Waals surface area contributed by atoms with Gasteiger partial charge < -0.3 is 15.1 Å². The molecule has 160 valence electrons. The number of anilines is 1. The van der Waals surface area contributed by atoms with Crippen molar-refractivity contribution in [2.45, 2.75) is 6.54 Å². The van der Waals surface area contributed by atoms with Gasteiger partial charge in [-0.3, -0.25) is 19.3 Å². The summed E-state index contributed by atoms with van der Waals surface area (Å²) in [5, 5.41) is 11.0. The molecule has 1 aromatic heterocycles. The van der Waals surface area contributed by atoms with Crippen LogP contribution in [0.25, 0.3) is 0 Å². The number of carbonyl (C=O) groups excluding carboxylic acids is 3. The lowest BCUT2D eigenvalue weighted by atomic mass is 10.2. The van der Waals surface area contributed by atoms with Crippen LogP contribution >= 0.6 is 11.6 Å². The highest BCUT2D eigenvalue weighted by atomic mass is 35.5. The Labute approximate surface area is 179 Å². The van der Waals surface area contributed by atoms with Gasteiger partial charge in [0.2, 0.25) is 11.8 Å². The van der Waals surface area contributed by atoms with Crippen molar-refractivity contribution in [3.8, 4) is 0 Å². The summed E-state index contributed by atoms with van der Waals surface area (Å²) < 4.78 is 1.35. The molecule has 1 N–H and O–H groups in total. The van der Waals surface area contributed by atoms with Crippen LogP contribution < -0.4 is 5.32 Å². The van der Waals surface area contributed by atoms with E-state index >= 15 is 0 Å². The molecule has 3 amide bonds. The zero-order chi connectivity index (χ0) is 21.7. The normalized spacial score (nSPS) is 14.4. The number of rotatable bonds is 6. The van der Waals surface area contributed by atoms with Gasteiger partial charge in [0.15, 0.2) is 5.69 Å². The highest BCUT2D eigenvalue weighted by molar-refractivity contribution is 6.33. The lowest BCUT2D eigenvalue weighted by Gasteiger charge is -2.33. The van der Waals surface area contributed by atoms with Crippen molar-refractivity contribution >= 4 is 35.0 Å². The highest BCUT2D eigenvalue weighted by Crippen LogP contribution is 2.20. The number of benzene rings is 1. The van der Waals surface area contributed by atoms with Crippen molar-refractivity contribution in [1.29, 1.82) is 0 Å². The maximum Gasteiger partial charge on any atom is 0.276 e. The van der Waals surface area contributed by atoms with Crippen molar-refractivity contribution in [3.63, 3.8) is 0 Å². The third-order valence-electron chi connectivity index (χ3n) is 4.73. The smallest absolute Gasteiger partial charge is 0.276 e. The second-order valence-electron chi connectivity index (χ2n) is 7.19. The first-order chi connectivity index (χ1) is 14.3. The molecule has 0 aliphatic carbocycles. The van der Waals surface area contributed by atoms with Crippen LogP contribution in [0, 0.1) is 0 Å². The summed E-state index contributed by atoms with van der Waals surface area (Å²) in [6, 6.07) is 7.07. The zero-order valence-electron chi connectivity index (χ0n) is 16.9. The topological polar surface area (TPSA) is 104 Å². The summed E-state index contributed by atoms with van der Waals surface area (Å²) in [6.45, 7) is 2.32. The average molecular weight is 434 g/mol. The largest absolute Gasteiger partial charge is 0.347 e. The van der Waals surface area contributed by atoms with E-state index in [1.165, 1.54) is 15.8 Å². The first-order valence-corrected chi connectivity index (χ1v) is 9.87. The SMILES string of the molecule is CN(C)C(=O)Cn1cc(C(=O)N2CCN(CC(=O)Nc3ccccc3Cl)CC2)nn1. The van der Waals surface area contributed by atoms with Crippen molar-refractivity contribution in [3.05, 3.63) is 41.2 Å². The molecular formula is C19H24ClN7O3. The van der Waals surface area contributed by atoms with Crippen LogP contribution in [0.5, 0.6) is 0 Å². The predicted octanol–water partition coefficient (Wildman–Crippen LogP) is 0.416. The quantitative estimate of drug-likeness (QED) is 0.708. The number of carbonyl (C=O) groups is 3. The van der Waals surface area contributed by atoms with Gasteiger partial charge in [-0.05, 0) is 12.1 Å². The van der Waals surface area contributed by atoms with E-state index in [2.05, 4.69) is 15.6 Å². The van der Waals surface area contributed by atoms with E-state index in [1.807, 2.05) is 4.90 Å². The third-order valence-corrected chi connectivity index (χ3v) is 5.06. The Kier molecular flexibility index (Phi) is 7.01. The molecule has 1 aliphatic rings. The van der Waals surface area contributed by atoms with Gasteiger partial charge in [-0.1, -0.05) is 28.9 Å². The molecule has 0 bridgehead atoms. The summed E-state index contributed by atoms with van der Waals surface area (Å²) in [4.78, 5) is 41.7. The van der Waals surface area contributed by atoms with Gasteiger partial charge in [-0.2, -0.15) is 0 Å². The van der Waals surface area contributed by atoms with E-state index in [9.17, 15) is 14.4 Å². The number of hydrogen-bond donors (Lipinski definition) is 1. The van der Waals surface area contributed by atoms with E-state index in [0.29, 0.717) is 36.9 Å². The summed E-state index contributed by atoms with van der Waals surface area (Å²) in [6.07, 6.45) is 1.48. The van der Waals surface area contributed by atoms with Crippen molar-refractivity contribution in [1.82, 2.24) is 29.7 Å². The molecule has 3 rings (SSSR count). The number of piperazine rings is 1. The minimum atomic E-state index is -0.237. The summed E-state index contributed by atoms with van der Waals surface area (Å²) in [5.41, 5.74) is 0.778. The number of nitrogens with zero attached hydrogens (tertiary/aromatic N) is 6. The standard InChI is InChI=1S/C19H24ClN7O3/c1-24(2)18(29)13-27-11-16(22-23-27)19(30)26-9-7-25(8-10-26)12-17(28)21-15-6-4-3-5-14(15)20/h3-6,11H,7-10,12-13H2,1-2H3,(H,21,28). The number of likely N-dealkylation sites (N-methyl/N-ethyl adjacent to an activating group) is 1. The number of halogens is 1. The zero-order valence-corrected chi connectivity index (χ0v) is 17.7. The molecule has 10 nitrogen and oxygen atoms in total. The van der Waals surface area contributed by atoms with E-state index in [-0.39, 0.29) is 36.5 Å². The van der Waals surface area contributed by atoms with E-state index in [4.69, 9.17) is 11.6 Å². The van der Waals surface area contributed by atoms with Crippen LogP contribution in [0.1, 0.15) is 10.5 Å².